The fraction of sp³-hybridized carbons (Fsp3) is 0.833. The molecule has 6 heteroatoms. The second-order valence-electron chi connectivity index (χ2n) is 5.04. The first kappa shape index (κ1) is 12.7. The standard InChI is InChI=1S/C12H19N3OS2/c1-2-6-17-12-11(13-18-14-12)16-10-8-15-5-3-4-9(10)7-15/h9-10H,2-8H2,1H3/t9-,10+/m1/s1. The van der Waals surface area contributed by atoms with Crippen LogP contribution in [-0.4, -0.2) is 45.1 Å². The predicted octanol–water partition coefficient (Wildman–Crippen LogP) is 2.51. The van der Waals surface area contributed by atoms with Crippen molar-refractivity contribution in [2.75, 3.05) is 25.4 Å². The number of thioether (sulfide) groups is 1. The molecule has 0 saturated carbocycles. The summed E-state index contributed by atoms with van der Waals surface area (Å²) in [7, 11) is 0. The van der Waals surface area contributed by atoms with Gasteiger partial charge in [-0.2, -0.15) is 4.37 Å². The summed E-state index contributed by atoms with van der Waals surface area (Å²) in [6.45, 7) is 5.70. The van der Waals surface area contributed by atoms with Crippen LogP contribution in [0.1, 0.15) is 26.2 Å². The minimum Gasteiger partial charge on any atom is -0.470 e. The van der Waals surface area contributed by atoms with E-state index in [0.29, 0.717) is 12.0 Å². The van der Waals surface area contributed by atoms with E-state index in [9.17, 15) is 0 Å². The van der Waals surface area contributed by atoms with E-state index in [1.165, 1.54) is 37.7 Å². The van der Waals surface area contributed by atoms with E-state index in [1.54, 1.807) is 11.8 Å². The largest absolute Gasteiger partial charge is 0.470 e. The Morgan fingerprint density at radius 3 is 3.22 bits per heavy atom. The van der Waals surface area contributed by atoms with Crippen molar-refractivity contribution >= 4 is 23.5 Å². The van der Waals surface area contributed by atoms with Crippen molar-refractivity contribution in [3.63, 3.8) is 0 Å². The van der Waals surface area contributed by atoms with Crippen molar-refractivity contribution < 1.29 is 4.74 Å². The maximum atomic E-state index is 6.13. The number of aromatic nitrogens is 2. The average molecular weight is 285 g/mol. The molecule has 18 heavy (non-hydrogen) atoms. The molecule has 3 atom stereocenters. The molecule has 1 aromatic heterocycles. The van der Waals surface area contributed by atoms with Gasteiger partial charge in [-0.1, -0.05) is 18.7 Å². The van der Waals surface area contributed by atoms with Crippen molar-refractivity contribution in [3.8, 4) is 5.88 Å². The molecule has 3 rings (SSSR count). The van der Waals surface area contributed by atoms with Crippen molar-refractivity contribution in [2.24, 2.45) is 5.92 Å². The average Bonchev–Trinajstić information content (AvgIpc) is 2.93. The highest BCUT2D eigenvalue weighted by Gasteiger charge is 2.37. The maximum absolute atomic E-state index is 6.13. The lowest BCUT2D eigenvalue weighted by atomic mass is 9.99. The van der Waals surface area contributed by atoms with Crippen molar-refractivity contribution in [1.29, 1.82) is 0 Å². The van der Waals surface area contributed by atoms with Crippen LogP contribution in [0.15, 0.2) is 5.03 Å². The van der Waals surface area contributed by atoms with Crippen molar-refractivity contribution in [2.45, 2.75) is 37.3 Å². The van der Waals surface area contributed by atoms with Crippen LogP contribution in [-0.2, 0) is 0 Å². The van der Waals surface area contributed by atoms with Gasteiger partial charge < -0.3 is 4.74 Å². The van der Waals surface area contributed by atoms with E-state index in [1.807, 2.05) is 0 Å². The Hall–Kier alpha value is -0.330. The zero-order valence-corrected chi connectivity index (χ0v) is 12.3. The van der Waals surface area contributed by atoms with Crippen LogP contribution in [0.5, 0.6) is 5.88 Å². The number of ether oxygens (including phenoxy) is 1. The molecule has 0 radical (unpaired) electrons. The Balaban J connectivity index is 1.64. The summed E-state index contributed by atoms with van der Waals surface area (Å²) in [5.41, 5.74) is 0. The second-order valence-corrected chi connectivity index (χ2v) is 6.65. The number of hydrogen-bond donors (Lipinski definition) is 0. The Labute approximate surface area is 116 Å². The number of rotatable bonds is 5. The molecule has 4 nitrogen and oxygen atoms in total. The zero-order valence-electron chi connectivity index (χ0n) is 10.7. The molecule has 1 unspecified atom stereocenters. The smallest absolute Gasteiger partial charge is 0.260 e. The topological polar surface area (TPSA) is 38.3 Å². The van der Waals surface area contributed by atoms with Gasteiger partial charge in [0.05, 0.1) is 11.7 Å². The Kier molecular flexibility index (Phi) is 4.06. The molecule has 0 spiro atoms. The molecule has 2 bridgehead atoms. The van der Waals surface area contributed by atoms with Gasteiger partial charge in [-0.3, -0.25) is 4.90 Å². The lowest BCUT2D eigenvalue weighted by molar-refractivity contribution is 0.160. The first-order valence-corrected chi connectivity index (χ1v) is 8.42. The Morgan fingerprint density at radius 2 is 2.39 bits per heavy atom. The van der Waals surface area contributed by atoms with E-state index < -0.39 is 0 Å². The summed E-state index contributed by atoms with van der Waals surface area (Å²) in [5, 5.41) is 0.985. The third-order valence-electron chi connectivity index (χ3n) is 3.64. The van der Waals surface area contributed by atoms with Gasteiger partial charge in [0.25, 0.3) is 5.88 Å². The fourth-order valence-corrected chi connectivity index (χ4v) is 4.15. The van der Waals surface area contributed by atoms with Crippen LogP contribution in [0.25, 0.3) is 0 Å². The summed E-state index contributed by atoms with van der Waals surface area (Å²) >= 11 is 3.03. The van der Waals surface area contributed by atoms with Crippen LogP contribution >= 0.6 is 23.5 Å². The highest BCUT2D eigenvalue weighted by atomic mass is 32.2. The zero-order chi connectivity index (χ0) is 12.4. The molecular formula is C12H19N3OS2. The van der Waals surface area contributed by atoms with Gasteiger partial charge in [0, 0.05) is 19.0 Å². The summed E-state index contributed by atoms with van der Waals surface area (Å²) < 4.78 is 14.8. The molecule has 0 aliphatic carbocycles. The predicted molar refractivity (Wildman–Crippen MR) is 74.5 cm³/mol. The molecule has 0 aromatic carbocycles. The summed E-state index contributed by atoms with van der Waals surface area (Å²) in [6.07, 6.45) is 4.10. The number of piperidine rings is 1. The maximum Gasteiger partial charge on any atom is 0.260 e. The quantitative estimate of drug-likeness (QED) is 0.777. The first-order valence-electron chi connectivity index (χ1n) is 6.71. The van der Waals surface area contributed by atoms with Gasteiger partial charge in [-0.25, -0.2) is 0 Å². The van der Waals surface area contributed by atoms with Gasteiger partial charge in [-0.05, 0) is 31.6 Å². The van der Waals surface area contributed by atoms with Gasteiger partial charge >= 0.3 is 0 Å². The van der Waals surface area contributed by atoms with Crippen LogP contribution < -0.4 is 4.74 Å². The van der Waals surface area contributed by atoms with E-state index in [-0.39, 0.29) is 0 Å². The minimum absolute atomic E-state index is 0.331. The van der Waals surface area contributed by atoms with Crippen LogP contribution in [0.4, 0.5) is 0 Å². The second kappa shape index (κ2) is 5.75. The van der Waals surface area contributed by atoms with Crippen molar-refractivity contribution in [3.05, 3.63) is 0 Å². The summed E-state index contributed by atoms with van der Waals surface area (Å²) in [4.78, 5) is 2.51. The monoisotopic (exact) mass is 285 g/mol. The van der Waals surface area contributed by atoms with E-state index in [4.69, 9.17) is 4.74 Å². The third kappa shape index (κ3) is 2.65. The van der Waals surface area contributed by atoms with Gasteiger partial charge in [-0.15, -0.1) is 4.37 Å². The van der Waals surface area contributed by atoms with Crippen LogP contribution in [0, 0.1) is 5.92 Å². The molecule has 2 aliphatic rings. The van der Waals surface area contributed by atoms with Crippen LogP contribution in [0.3, 0.4) is 0 Å². The number of hydrogen-bond acceptors (Lipinski definition) is 6. The molecule has 3 heterocycles. The van der Waals surface area contributed by atoms with E-state index >= 15 is 0 Å². The minimum atomic E-state index is 0.331. The van der Waals surface area contributed by atoms with Crippen LogP contribution in [0.2, 0.25) is 0 Å². The summed E-state index contributed by atoms with van der Waals surface area (Å²) in [6, 6.07) is 0. The SMILES string of the molecule is CCCSc1nsnc1O[C@H]1CN2CCC[C@@H]1C2. The lowest BCUT2D eigenvalue weighted by Crippen LogP contribution is -2.26. The van der Waals surface area contributed by atoms with Gasteiger partial charge in [0.15, 0.2) is 5.03 Å². The number of nitrogens with zero attached hydrogens (tertiary/aromatic N) is 3. The summed E-state index contributed by atoms with van der Waals surface area (Å²) in [5.74, 6) is 2.56. The number of fused-ring (bicyclic) bond motifs is 2. The van der Waals surface area contributed by atoms with Gasteiger partial charge in [0.1, 0.15) is 6.10 Å². The van der Waals surface area contributed by atoms with Gasteiger partial charge in [0.2, 0.25) is 0 Å². The normalized spacial score (nSPS) is 30.6. The molecule has 100 valence electrons. The molecule has 2 aliphatic heterocycles. The highest BCUT2D eigenvalue weighted by molar-refractivity contribution is 7.99. The highest BCUT2D eigenvalue weighted by Crippen LogP contribution is 2.33. The molecular weight excluding hydrogens is 266 g/mol. The molecule has 0 amide bonds. The third-order valence-corrected chi connectivity index (χ3v) is 5.42. The molecule has 2 fully saturated rings. The lowest BCUT2D eigenvalue weighted by Gasteiger charge is -2.21. The van der Waals surface area contributed by atoms with E-state index in [2.05, 4.69) is 20.6 Å². The Bertz CT molecular complexity index is 398. The van der Waals surface area contributed by atoms with Crippen molar-refractivity contribution in [1.82, 2.24) is 13.6 Å². The molecule has 2 saturated heterocycles. The Morgan fingerprint density at radius 1 is 1.44 bits per heavy atom. The molecule has 0 N–H and O–H groups in total. The first-order chi connectivity index (χ1) is 8.86. The molecule has 1 aromatic rings. The fourth-order valence-electron chi connectivity index (χ4n) is 2.77. The van der Waals surface area contributed by atoms with E-state index in [0.717, 1.165) is 29.6 Å².